The lowest BCUT2D eigenvalue weighted by Crippen LogP contribution is -2.33. The van der Waals surface area contributed by atoms with Crippen molar-refractivity contribution in [3.63, 3.8) is 0 Å². The second-order valence-corrected chi connectivity index (χ2v) is 1.67. The molecular formula is C5H11NO3. The van der Waals surface area contributed by atoms with Gasteiger partial charge in [-0.05, 0) is 6.92 Å². The van der Waals surface area contributed by atoms with E-state index in [4.69, 9.17) is 5.11 Å². The molecule has 0 radical (unpaired) electrons. The lowest BCUT2D eigenvalue weighted by molar-refractivity contribution is -0.123. The molecule has 0 saturated carbocycles. The Balaban J connectivity index is 3.16. The van der Waals surface area contributed by atoms with E-state index in [9.17, 15) is 4.79 Å². The van der Waals surface area contributed by atoms with Gasteiger partial charge in [0, 0.05) is 7.11 Å². The lowest BCUT2D eigenvalue weighted by atomic mass is 10.4. The average Bonchev–Trinajstić information content (AvgIpc) is 1.83. The van der Waals surface area contributed by atoms with Gasteiger partial charge in [0.25, 0.3) is 0 Å². The van der Waals surface area contributed by atoms with Crippen molar-refractivity contribution in [3.8, 4) is 0 Å². The minimum Gasteiger partial charge on any atom is -0.356 e. The fourth-order valence-corrected chi connectivity index (χ4v) is 0.314. The Morgan fingerprint density at radius 1 is 1.89 bits per heavy atom. The highest BCUT2D eigenvalue weighted by atomic mass is 16.6. The van der Waals surface area contributed by atoms with Crippen LogP contribution in [0.5, 0.6) is 0 Å². The Labute approximate surface area is 53.8 Å². The molecule has 9 heavy (non-hydrogen) atoms. The number of aliphatic hydroxyl groups excluding tert-OH is 1. The first-order valence-corrected chi connectivity index (χ1v) is 2.60. The van der Waals surface area contributed by atoms with Crippen molar-refractivity contribution in [3.05, 3.63) is 0 Å². The van der Waals surface area contributed by atoms with Gasteiger partial charge in [0.2, 0.25) is 6.41 Å². The van der Waals surface area contributed by atoms with Crippen LogP contribution in [0, 0.1) is 0 Å². The summed E-state index contributed by atoms with van der Waals surface area (Å²) in [6.45, 7) is 1.56. The Morgan fingerprint density at radius 3 is 2.78 bits per heavy atom. The molecule has 0 rings (SSSR count). The summed E-state index contributed by atoms with van der Waals surface area (Å²) in [4.78, 5) is 10.2. The Kier molecular flexibility index (Phi) is 4.21. The maximum absolute atomic E-state index is 10.2. The fraction of sp³-hybridized carbons (Fsp3) is 0.800. The van der Waals surface area contributed by atoms with Crippen molar-refractivity contribution in [2.45, 2.75) is 13.3 Å². The number of carbonyl (C=O) groups excluding carboxylic acids is 1. The Hall–Kier alpha value is -0.450. The molecule has 0 aromatic carbocycles. The van der Waals surface area contributed by atoms with Crippen LogP contribution in [-0.2, 0) is 9.53 Å². The predicted octanol–water partition coefficient (Wildman–Crippen LogP) is -0.913. The number of nitrogens with one attached hydrogen (secondary N) is 1. The van der Waals surface area contributed by atoms with Crippen LogP contribution >= 0.6 is 0 Å². The quantitative estimate of drug-likeness (QED) is 0.487. The zero-order valence-corrected chi connectivity index (χ0v) is 5.55. The third-order valence-electron chi connectivity index (χ3n) is 0.749. The monoisotopic (exact) mass is 133 g/mol. The minimum absolute atomic E-state index is 0.0360. The number of hydrogen-bond donors (Lipinski definition) is 2. The number of rotatable bonds is 4. The molecule has 0 spiro atoms. The van der Waals surface area contributed by atoms with Crippen LogP contribution in [0.4, 0.5) is 0 Å². The van der Waals surface area contributed by atoms with Crippen molar-refractivity contribution in [2.24, 2.45) is 0 Å². The lowest BCUT2D eigenvalue weighted by Gasteiger charge is -2.07. The first-order chi connectivity index (χ1) is 4.16. The number of ketones is 1. The summed E-state index contributed by atoms with van der Waals surface area (Å²) in [5, 5.41) is 11.0. The number of carbonyl (C=O) groups is 1. The van der Waals surface area contributed by atoms with Gasteiger partial charge in [0.1, 0.15) is 5.78 Å². The maximum Gasteiger partial charge on any atom is 0.213 e. The van der Waals surface area contributed by atoms with Gasteiger partial charge in [-0.3, -0.25) is 10.1 Å². The average molecular weight is 133 g/mol. The SMILES string of the molecule is COC(O)NCC(C)=O. The van der Waals surface area contributed by atoms with Crippen LogP contribution in [0.3, 0.4) is 0 Å². The molecule has 0 aliphatic carbocycles. The van der Waals surface area contributed by atoms with Gasteiger partial charge < -0.3 is 9.84 Å². The van der Waals surface area contributed by atoms with Crippen LogP contribution in [0.15, 0.2) is 0 Å². The summed E-state index contributed by atoms with van der Waals surface area (Å²) in [5.41, 5.74) is 0. The third kappa shape index (κ3) is 5.42. The molecule has 0 bridgehead atoms. The van der Waals surface area contributed by atoms with Crippen molar-refractivity contribution >= 4 is 5.78 Å². The van der Waals surface area contributed by atoms with E-state index < -0.39 is 6.41 Å². The number of methoxy groups -OCH3 is 1. The molecular weight excluding hydrogens is 122 g/mol. The highest BCUT2D eigenvalue weighted by Gasteiger charge is 1.99. The maximum atomic E-state index is 10.2. The molecule has 2 N–H and O–H groups in total. The fourth-order valence-electron chi connectivity index (χ4n) is 0.314. The highest BCUT2D eigenvalue weighted by Crippen LogP contribution is 1.74. The molecule has 0 aliphatic rings. The van der Waals surface area contributed by atoms with Crippen LogP contribution in [0.2, 0.25) is 0 Å². The van der Waals surface area contributed by atoms with Crippen LogP contribution in [0.1, 0.15) is 6.92 Å². The number of Topliss-reactive ketones (excluding diaryl/α,β-unsaturated/α-hetero) is 1. The van der Waals surface area contributed by atoms with Crippen LogP contribution < -0.4 is 5.32 Å². The number of aliphatic hydroxyl groups is 1. The van der Waals surface area contributed by atoms with Gasteiger partial charge in [0.15, 0.2) is 0 Å². The van der Waals surface area contributed by atoms with Crippen molar-refractivity contribution < 1.29 is 14.6 Å². The van der Waals surface area contributed by atoms with Crippen molar-refractivity contribution in [1.82, 2.24) is 5.32 Å². The second-order valence-electron chi connectivity index (χ2n) is 1.67. The molecule has 4 nitrogen and oxygen atoms in total. The zero-order valence-electron chi connectivity index (χ0n) is 5.55. The van der Waals surface area contributed by atoms with E-state index in [-0.39, 0.29) is 12.3 Å². The summed E-state index contributed by atoms with van der Waals surface area (Å²) in [6, 6.07) is 0. The van der Waals surface area contributed by atoms with E-state index >= 15 is 0 Å². The minimum atomic E-state index is -1.03. The van der Waals surface area contributed by atoms with Gasteiger partial charge in [0.05, 0.1) is 6.54 Å². The van der Waals surface area contributed by atoms with Gasteiger partial charge in [-0.2, -0.15) is 0 Å². The second kappa shape index (κ2) is 4.43. The zero-order chi connectivity index (χ0) is 7.28. The summed E-state index contributed by atoms with van der Waals surface area (Å²) < 4.78 is 4.39. The van der Waals surface area contributed by atoms with E-state index in [0.717, 1.165) is 0 Å². The van der Waals surface area contributed by atoms with E-state index in [1.807, 2.05) is 0 Å². The smallest absolute Gasteiger partial charge is 0.213 e. The molecule has 0 aliphatic heterocycles. The number of hydrogen-bond acceptors (Lipinski definition) is 4. The molecule has 0 aromatic heterocycles. The van der Waals surface area contributed by atoms with Gasteiger partial charge in [-0.1, -0.05) is 0 Å². The summed E-state index contributed by atoms with van der Waals surface area (Å²) >= 11 is 0. The van der Waals surface area contributed by atoms with Gasteiger partial charge >= 0.3 is 0 Å². The molecule has 1 unspecified atom stereocenters. The molecule has 4 heteroatoms. The third-order valence-corrected chi connectivity index (χ3v) is 0.749. The van der Waals surface area contributed by atoms with E-state index in [2.05, 4.69) is 10.1 Å². The van der Waals surface area contributed by atoms with E-state index in [0.29, 0.717) is 0 Å². The summed E-state index contributed by atoms with van der Waals surface area (Å²) in [7, 11) is 1.35. The van der Waals surface area contributed by atoms with Gasteiger partial charge in [-0.25, -0.2) is 0 Å². The van der Waals surface area contributed by atoms with E-state index in [1.54, 1.807) is 0 Å². The highest BCUT2D eigenvalue weighted by molar-refractivity contribution is 5.77. The van der Waals surface area contributed by atoms with E-state index in [1.165, 1.54) is 14.0 Å². The van der Waals surface area contributed by atoms with Crippen molar-refractivity contribution in [1.29, 1.82) is 0 Å². The molecule has 1 atom stereocenters. The van der Waals surface area contributed by atoms with Gasteiger partial charge in [-0.15, -0.1) is 0 Å². The Bertz CT molecular complexity index is 94.2. The predicted molar refractivity (Wildman–Crippen MR) is 31.7 cm³/mol. The molecule has 0 aromatic rings. The van der Waals surface area contributed by atoms with Crippen molar-refractivity contribution in [2.75, 3.05) is 13.7 Å². The Morgan fingerprint density at radius 2 is 2.44 bits per heavy atom. The molecule has 0 saturated heterocycles. The first-order valence-electron chi connectivity index (χ1n) is 2.60. The molecule has 0 heterocycles. The first kappa shape index (κ1) is 8.55. The largest absolute Gasteiger partial charge is 0.356 e. The van der Waals surface area contributed by atoms with Crippen LogP contribution in [0.25, 0.3) is 0 Å². The standard InChI is InChI=1S/C5H11NO3/c1-4(7)3-6-5(8)9-2/h5-6,8H,3H2,1-2H3. The number of ether oxygens (including phenoxy) is 1. The summed E-state index contributed by atoms with van der Waals surface area (Å²) in [5.74, 6) is -0.0360. The van der Waals surface area contributed by atoms with Crippen LogP contribution in [-0.4, -0.2) is 31.0 Å². The topological polar surface area (TPSA) is 58.6 Å². The normalized spacial score (nSPS) is 13.2. The molecule has 0 amide bonds. The molecule has 54 valence electrons. The summed E-state index contributed by atoms with van der Waals surface area (Å²) in [6.07, 6.45) is -1.03. The molecule has 0 fully saturated rings.